The van der Waals surface area contributed by atoms with E-state index in [4.69, 9.17) is 25.8 Å². The summed E-state index contributed by atoms with van der Waals surface area (Å²) in [4.78, 5) is 36.5. The predicted octanol–water partition coefficient (Wildman–Crippen LogP) is 4.64. The molecular formula is C34H40ClFN5O8S+. The summed E-state index contributed by atoms with van der Waals surface area (Å²) in [5, 5.41) is 14.1. The van der Waals surface area contributed by atoms with Gasteiger partial charge in [0.15, 0.2) is 10.9 Å². The molecule has 0 spiro atoms. The van der Waals surface area contributed by atoms with Crippen molar-refractivity contribution in [1.82, 2.24) is 14.8 Å². The van der Waals surface area contributed by atoms with E-state index in [1.165, 1.54) is 44.7 Å². The first-order chi connectivity index (χ1) is 23.9. The van der Waals surface area contributed by atoms with E-state index in [1.54, 1.807) is 19.1 Å². The number of anilines is 1. The standard InChI is InChI=1S/C34H39ClFN5O8S/c1-5-49-33-24(7-6-14-37-33)30-31(29-23-10-8-20(36)17-25(23)38-32(29)42)41(34(43)44,19-28(35)40(30)21-12-15-39(2)16-13-21)50(45,46)27-11-9-22(47-3)18-26(27)48-4/h6-11,14,17-18,21,28-31H,5,12-13,15-16,19H2,1-4H3,(H-,38,42,43,44)/p+1. The molecule has 3 aromatic rings. The number of carboxylic acid groups (broad SMARTS) is 1. The van der Waals surface area contributed by atoms with Gasteiger partial charge in [-0.15, -0.1) is 3.89 Å². The summed E-state index contributed by atoms with van der Waals surface area (Å²) < 4.78 is 60.4. The Kier molecular flexibility index (Phi) is 9.98. The van der Waals surface area contributed by atoms with Gasteiger partial charge in [-0.05, 0) is 75.8 Å². The summed E-state index contributed by atoms with van der Waals surface area (Å²) in [6.07, 6.45) is 1.04. The van der Waals surface area contributed by atoms with E-state index in [9.17, 15) is 19.1 Å². The number of piperidine rings is 1. The molecule has 6 rings (SSSR count). The first kappa shape index (κ1) is 35.8. The van der Waals surface area contributed by atoms with Gasteiger partial charge in [0.05, 0.1) is 26.9 Å². The maximum atomic E-state index is 15.4. The summed E-state index contributed by atoms with van der Waals surface area (Å²) >= 11 is 7.31. The molecule has 2 N–H and O–H groups in total. The number of benzene rings is 2. The zero-order valence-corrected chi connectivity index (χ0v) is 29.7. The number of rotatable bonds is 9. The first-order valence-corrected chi connectivity index (χ1v) is 18.1. The fourth-order valence-corrected chi connectivity index (χ4v) is 10.4. The average molecular weight is 733 g/mol. The highest BCUT2D eigenvalue weighted by atomic mass is 35.5. The van der Waals surface area contributed by atoms with E-state index in [0.717, 1.165) is 12.1 Å². The number of halogens is 2. The van der Waals surface area contributed by atoms with E-state index in [1.807, 2.05) is 11.9 Å². The van der Waals surface area contributed by atoms with Gasteiger partial charge in [-0.3, -0.25) is 9.69 Å². The van der Waals surface area contributed by atoms with E-state index in [2.05, 4.69) is 15.2 Å². The number of quaternary nitrogens is 1. The van der Waals surface area contributed by atoms with Crippen LogP contribution in [0, 0.1) is 5.82 Å². The minimum absolute atomic E-state index is 0.122. The Morgan fingerprint density at radius 2 is 1.86 bits per heavy atom. The van der Waals surface area contributed by atoms with Crippen molar-refractivity contribution in [3.8, 4) is 17.4 Å². The van der Waals surface area contributed by atoms with Gasteiger partial charge in [-0.2, -0.15) is 13.2 Å². The number of likely N-dealkylation sites (tertiary alicyclic amines) is 1. The van der Waals surface area contributed by atoms with Crippen LogP contribution in [0.15, 0.2) is 59.6 Å². The molecule has 268 valence electrons. The molecule has 0 bridgehead atoms. The normalized spacial score (nSPS) is 26.2. The van der Waals surface area contributed by atoms with Crippen LogP contribution in [0.1, 0.15) is 42.9 Å². The number of methoxy groups -OCH3 is 2. The minimum Gasteiger partial charge on any atom is -0.497 e. The molecule has 50 heavy (non-hydrogen) atoms. The molecule has 2 fully saturated rings. The van der Waals surface area contributed by atoms with Crippen molar-refractivity contribution in [1.29, 1.82) is 0 Å². The van der Waals surface area contributed by atoms with Gasteiger partial charge in [0.25, 0.3) is 0 Å². The molecule has 4 heterocycles. The lowest BCUT2D eigenvalue weighted by Crippen LogP contribution is -2.75. The second-order valence-corrected chi connectivity index (χ2v) is 15.2. The molecular weight excluding hydrogens is 693 g/mol. The van der Waals surface area contributed by atoms with Crippen LogP contribution in [-0.4, -0.2) is 109 Å². The number of alkyl halides is 1. The zero-order chi connectivity index (χ0) is 36.0. The number of sulfonamides is 1. The molecule has 2 saturated heterocycles. The number of carbonyl (C=O) groups is 2. The largest absolute Gasteiger partial charge is 0.529 e. The van der Waals surface area contributed by atoms with Gasteiger partial charge >= 0.3 is 16.1 Å². The van der Waals surface area contributed by atoms with Crippen molar-refractivity contribution in [2.45, 2.75) is 54.2 Å². The first-order valence-electron chi connectivity index (χ1n) is 16.3. The number of amides is 2. The van der Waals surface area contributed by atoms with Gasteiger partial charge in [-0.1, -0.05) is 23.7 Å². The van der Waals surface area contributed by atoms with Crippen LogP contribution in [0.3, 0.4) is 0 Å². The van der Waals surface area contributed by atoms with Gasteiger partial charge in [0.1, 0.15) is 35.3 Å². The highest BCUT2D eigenvalue weighted by Crippen LogP contribution is 2.54. The minimum atomic E-state index is -5.05. The van der Waals surface area contributed by atoms with Crippen LogP contribution in [-0.2, 0) is 14.8 Å². The molecule has 0 aliphatic carbocycles. The Morgan fingerprint density at radius 3 is 2.52 bits per heavy atom. The maximum absolute atomic E-state index is 15.4. The zero-order valence-electron chi connectivity index (χ0n) is 28.1. The molecule has 3 aliphatic rings. The fourth-order valence-electron chi connectivity index (χ4n) is 7.75. The van der Waals surface area contributed by atoms with Crippen LogP contribution in [0.5, 0.6) is 17.4 Å². The molecule has 1 aromatic heterocycles. The topological polar surface area (TPSA) is 148 Å². The van der Waals surface area contributed by atoms with Crippen molar-refractivity contribution >= 4 is 39.3 Å². The number of carbonyl (C=O) groups excluding carboxylic acids is 1. The van der Waals surface area contributed by atoms with Crippen LogP contribution < -0.4 is 19.5 Å². The quantitative estimate of drug-likeness (QED) is 0.180. The summed E-state index contributed by atoms with van der Waals surface area (Å²) in [5.74, 6) is -2.44. The fraction of sp³-hybridized carbons (Fsp3) is 0.441. The molecule has 0 saturated carbocycles. The molecule has 13 nitrogen and oxygen atoms in total. The number of hydrogen-bond acceptors (Lipinski definition) is 10. The lowest BCUT2D eigenvalue weighted by Gasteiger charge is -2.55. The molecule has 16 heteroatoms. The third-order valence-electron chi connectivity index (χ3n) is 10.0. The van der Waals surface area contributed by atoms with E-state index in [0.29, 0.717) is 31.5 Å². The Hall–Kier alpha value is -4.02. The molecule has 2 aromatic carbocycles. The van der Waals surface area contributed by atoms with Gasteiger partial charge in [-0.25, -0.2) is 9.37 Å². The number of nitrogens with zero attached hydrogens (tertiary/aromatic N) is 4. The van der Waals surface area contributed by atoms with E-state index in [-0.39, 0.29) is 41.3 Å². The Balaban J connectivity index is 1.71. The number of pyridine rings is 1. The summed E-state index contributed by atoms with van der Waals surface area (Å²) in [5.41, 5.74) is -0.416. The second kappa shape index (κ2) is 13.9. The molecule has 5 unspecified atom stereocenters. The number of hydrogen-bond donors (Lipinski definition) is 2. The third kappa shape index (κ3) is 5.84. The predicted molar refractivity (Wildman–Crippen MR) is 182 cm³/mol. The monoisotopic (exact) mass is 732 g/mol. The second-order valence-electron chi connectivity index (χ2n) is 12.6. The Labute approximate surface area is 295 Å². The van der Waals surface area contributed by atoms with Crippen LogP contribution in [0.2, 0.25) is 0 Å². The van der Waals surface area contributed by atoms with Gasteiger partial charge in [0, 0.05) is 29.6 Å². The molecule has 5 atom stereocenters. The number of nitrogens with one attached hydrogen (secondary N) is 1. The van der Waals surface area contributed by atoms with E-state index < -0.39 is 66.7 Å². The number of aromatic nitrogens is 1. The number of fused-ring (bicyclic) bond motifs is 1. The van der Waals surface area contributed by atoms with Crippen molar-refractivity contribution in [2.75, 3.05) is 52.8 Å². The lowest BCUT2D eigenvalue weighted by atomic mass is 9.80. The average Bonchev–Trinajstić information content (AvgIpc) is 3.42. The van der Waals surface area contributed by atoms with Crippen LogP contribution in [0.4, 0.5) is 14.9 Å². The Bertz CT molecular complexity index is 1890. The Morgan fingerprint density at radius 1 is 1.12 bits per heavy atom. The van der Waals surface area contributed by atoms with Crippen molar-refractivity contribution < 1.29 is 45.6 Å². The van der Waals surface area contributed by atoms with Gasteiger partial charge in [0.2, 0.25) is 11.8 Å². The van der Waals surface area contributed by atoms with Crippen molar-refractivity contribution in [3.05, 3.63) is 71.7 Å². The molecule has 0 radical (unpaired) electrons. The number of piperazine rings is 1. The van der Waals surface area contributed by atoms with E-state index >= 15 is 8.42 Å². The highest BCUT2D eigenvalue weighted by Gasteiger charge is 2.70. The molecule has 2 amide bonds. The lowest BCUT2D eigenvalue weighted by molar-refractivity contribution is -0.777. The molecule has 3 aliphatic heterocycles. The van der Waals surface area contributed by atoms with Crippen LogP contribution in [0.25, 0.3) is 0 Å². The summed E-state index contributed by atoms with van der Waals surface area (Å²) in [6, 6.07) is 8.00. The highest BCUT2D eigenvalue weighted by molar-refractivity contribution is 7.86. The van der Waals surface area contributed by atoms with Gasteiger partial charge < -0.3 is 29.5 Å². The van der Waals surface area contributed by atoms with Crippen molar-refractivity contribution in [3.63, 3.8) is 0 Å². The van der Waals surface area contributed by atoms with Crippen LogP contribution >= 0.6 is 11.6 Å². The smallest absolute Gasteiger partial charge is 0.497 e. The summed E-state index contributed by atoms with van der Waals surface area (Å²) in [6.45, 7) is 2.74. The number of ether oxygens (including phenoxy) is 3. The SMILES string of the molecule is CCOc1ncccc1C1C(C2C(=O)Nc3cc(F)ccc32)[N+](C(=O)O)(S(=O)(=O)c2ccc(OC)cc2OC)CC(Cl)N1C1CCN(C)CC1. The van der Waals surface area contributed by atoms with Crippen molar-refractivity contribution in [2.24, 2.45) is 0 Å². The maximum Gasteiger partial charge on any atom is 0.529 e. The third-order valence-corrected chi connectivity index (χ3v) is 12.7. The summed E-state index contributed by atoms with van der Waals surface area (Å²) in [7, 11) is -0.386.